The molecule has 12 heavy (non-hydrogen) atoms. The molecule has 0 aliphatic carbocycles. The molecular formula is C10H14N2. The molecule has 2 nitrogen and oxygen atoms in total. The Labute approximate surface area is 73.8 Å². The normalized spacial score (nSPS) is 8.08. The van der Waals surface area contributed by atoms with E-state index >= 15 is 0 Å². The summed E-state index contributed by atoms with van der Waals surface area (Å²) in [7, 11) is 0. The maximum Gasteiger partial charge on any atom is 0.0514 e. The fraction of sp³-hybridized carbons (Fsp3) is 0.200. The topological polar surface area (TPSA) is 38.0 Å². The Hall–Kier alpha value is -1.46. The molecule has 0 heterocycles. The molecule has 0 atom stereocenters. The summed E-state index contributed by atoms with van der Waals surface area (Å²) >= 11 is 0. The van der Waals surface area contributed by atoms with E-state index in [1.807, 2.05) is 19.1 Å². The SMILES string of the molecule is C#C.Cc1ccc(NN)c(C)c1. The van der Waals surface area contributed by atoms with E-state index in [2.05, 4.69) is 31.3 Å². The molecule has 2 heteroatoms. The molecule has 1 aromatic carbocycles. The molecule has 0 aliphatic rings. The third-order valence-electron chi connectivity index (χ3n) is 1.54. The molecule has 0 spiro atoms. The molecule has 3 N–H and O–H groups in total. The minimum Gasteiger partial charge on any atom is -0.324 e. The van der Waals surface area contributed by atoms with E-state index in [4.69, 9.17) is 5.84 Å². The van der Waals surface area contributed by atoms with Gasteiger partial charge in [0.15, 0.2) is 0 Å². The summed E-state index contributed by atoms with van der Waals surface area (Å²) in [5, 5.41) is 0. The smallest absolute Gasteiger partial charge is 0.0514 e. The van der Waals surface area contributed by atoms with Crippen molar-refractivity contribution >= 4 is 5.69 Å². The number of nitrogens with one attached hydrogen (secondary N) is 1. The van der Waals surface area contributed by atoms with Crippen molar-refractivity contribution in [2.45, 2.75) is 13.8 Å². The predicted octanol–water partition coefficient (Wildman–Crippen LogP) is 1.84. The minimum absolute atomic E-state index is 0.991. The summed E-state index contributed by atoms with van der Waals surface area (Å²) in [6.07, 6.45) is 8.00. The van der Waals surface area contributed by atoms with E-state index in [0.29, 0.717) is 0 Å². The van der Waals surface area contributed by atoms with Crippen LogP contribution < -0.4 is 11.3 Å². The third-order valence-corrected chi connectivity index (χ3v) is 1.54. The number of nitrogens with two attached hydrogens (primary N) is 1. The number of hydrogen-bond donors (Lipinski definition) is 2. The van der Waals surface area contributed by atoms with Crippen LogP contribution in [0.2, 0.25) is 0 Å². The Morgan fingerprint density at radius 1 is 1.25 bits per heavy atom. The lowest BCUT2D eigenvalue weighted by Gasteiger charge is -2.03. The van der Waals surface area contributed by atoms with Crippen molar-refractivity contribution in [1.82, 2.24) is 0 Å². The maximum absolute atomic E-state index is 5.25. The van der Waals surface area contributed by atoms with E-state index in [-0.39, 0.29) is 0 Å². The number of anilines is 1. The Morgan fingerprint density at radius 3 is 2.25 bits per heavy atom. The van der Waals surface area contributed by atoms with Crippen molar-refractivity contribution in [3.63, 3.8) is 0 Å². The first kappa shape index (κ1) is 10.5. The highest BCUT2D eigenvalue weighted by molar-refractivity contribution is 5.50. The summed E-state index contributed by atoms with van der Waals surface area (Å²) in [5.41, 5.74) is 6.06. The molecule has 0 fully saturated rings. The van der Waals surface area contributed by atoms with Gasteiger partial charge in [0, 0.05) is 0 Å². The highest BCUT2D eigenvalue weighted by Crippen LogP contribution is 2.13. The van der Waals surface area contributed by atoms with E-state index in [1.54, 1.807) is 0 Å². The van der Waals surface area contributed by atoms with Gasteiger partial charge in [0.25, 0.3) is 0 Å². The van der Waals surface area contributed by atoms with E-state index in [1.165, 1.54) is 11.1 Å². The third kappa shape index (κ3) is 2.65. The molecule has 0 saturated heterocycles. The second-order valence-corrected chi connectivity index (χ2v) is 2.46. The predicted molar refractivity (Wildman–Crippen MR) is 53.6 cm³/mol. The van der Waals surface area contributed by atoms with Gasteiger partial charge in [-0.25, -0.2) is 0 Å². The lowest BCUT2D eigenvalue weighted by atomic mass is 10.1. The van der Waals surface area contributed by atoms with Crippen LogP contribution in [0.25, 0.3) is 0 Å². The maximum atomic E-state index is 5.25. The fourth-order valence-corrected chi connectivity index (χ4v) is 0.976. The van der Waals surface area contributed by atoms with Crippen LogP contribution in [-0.2, 0) is 0 Å². The largest absolute Gasteiger partial charge is 0.324 e. The van der Waals surface area contributed by atoms with E-state index in [9.17, 15) is 0 Å². The molecule has 1 aromatic rings. The zero-order valence-electron chi connectivity index (χ0n) is 7.46. The number of hydrazine groups is 1. The summed E-state index contributed by atoms with van der Waals surface area (Å²) in [5.74, 6) is 5.25. The second kappa shape index (κ2) is 5.22. The number of terminal acetylenes is 1. The van der Waals surface area contributed by atoms with Crippen molar-refractivity contribution in [3.05, 3.63) is 29.3 Å². The number of aryl methyl sites for hydroxylation is 2. The summed E-state index contributed by atoms with van der Waals surface area (Å²) in [6, 6.07) is 6.10. The molecule has 0 bridgehead atoms. The monoisotopic (exact) mass is 162 g/mol. The standard InChI is InChI=1S/C8H12N2.C2H2/c1-6-3-4-8(10-9)7(2)5-6;1-2/h3-5,10H,9H2,1-2H3;1-2H. The average molecular weight is 162 g/mol. The van der Waals surface area contributed by atoms with Crippen LogP contribution in [0.5, 0.6) is 0 Å². The lowest BCUT2D eigenvalue weighted by Crippen LogP contribution is -2.07. The molecule has 0 radical (unpaired) electrons. The Kier molecular flexibility index (Phi) is 4.59. The van der Waals surface area contributed by atoms with E-state index < -0.39 is 0 Å². The van der Waals surface area contributed by atoms with Crippen LogP contribution >= 0.6 is 0 Å². The van der Waals surface area contributed by atoms with Gasteiger partial charge in [-0.2, -0.15) is 0 Å². The number of benzene rings is 1. The van der Waals surface area contributed by atoms with Crippen LogP contribution in [0.3, 0.4) is 0 Å². The molecular weight excluding hydrogens is 148 g/mol. The number of nitrogen functional groups attached to an aromatic ring is 1. The first-order valence-corrected chi connectivity index (χ1v) is 3.61. The first-order chi connectivity index (χ1) is 5.74. The molecule has 64 valence electrons. The fourth-order valence-electron chi connectivity index (χ4n) is 0.976. The molecule has 0 amide bonds. The minimum atomic E-state index is 0.991. The Morgan fingerprint density at radius 2 is 1.83 bits per heavy atom. The summed E-state index contributed by atoms with van der Waals surface area (Å²) < 4.78 is 0. The molecule has 1 rings (SSSR count). The van der Waals surface area contributed by atoms with Crippen molar-refractivity contribution < 1.29 is 0 Å². The number of rotatable bonds is 1. The van der Waals surface area contributed by atoms with Gasteiger partial charge in [0.1, 0.15) is 0 Å². The van der Waals surface area contributed by atoms with Crippen LogP contribution in [0.15, 0.2) is 18.2 Å². The molecule has 0 saturated carbocycles. The van der Waals surface area contributed by atoms with Crippen molar-refractivity contribution in [3.8, 4) is 12.8 Å². The van der Waals surface area contributed by atoms with Crippen molar-refractivity contribution in [1.29, 1.82) is 0 Å². The van der Waals surface area contributed by atoms with Gasteiger partial charge >= 0.3 is 0 Å². The van der Waals surface area contributed by atoms with Gasteiger partial charge in [-0.1, -0.05) is 17.7 Å². The van der Waals surface area contributed by atoms with Gasteiger partial charge in [0.2, 0.25) is 0 Å². The number of hydrogen-bond acceptors (Lipinski definition) is 2. The Bertz CT molecular complexity index is 264. The van der Waals surface area contributed by atoms with Crippen LogP contribution in [0.4, 0.5) is 5.69 Å². The summed E-state index contributed by atoms with van der Waals surface area (Å²) in [6.45, 7) is 4.09. The highest BCUT2D eigenvalue weighted by atomic mass is 15.2. The van der Waals surface area contributed by atoms with Gasteiger partial charge in [-0.05, 0) is 25.5 Å². The quantitative estimate of drug-likeness (QED) is 0.375. The van der Waals surface area contributed by atoms with Crippen LogP contribution in [0, 0.1) is 26.7 Å². The lowest BCUT2D eigenvalue weighted by molar-refractivity contribution is 1.29. The van der Waals surface area contributed by atoms with Gasteiger partial charge in [-0.3, -0.25) is 5.84 Å². The zero-order chi connectivity index (χ0) is 9.56. The van der Waals surface area contributed by atoms with E-state index in [0.717, 1.165) is 5.69 Å². The average Bonchev–Trinajstić information content (AvgIpc) is 2.08. The van der Waals surface area contributed by atoms with Crippen molar-refractivity contribution in [2.75, 3.05) is 5.43 Å². The molecule has 0 unspecified atom stereocenters. The Balaban J connectivity index is 0.000000561. The molecule has 0 aliphatic heterocycles. The van der Waals surface area contributed by atoms with Crippen LogP contribution in [0.1, 0.15) is 11.1 Å². The van der Waals surface area contributed by atoms with Crippen LogP contribution in [-0.4, -0.2) is 0 Å². The molecule has 0 aromatic heterocycles. The summed E-state index contributed by atoms with van der Waals surface area (Å²) in [4.78, 5) is 0. The second-order valence-electron chi connectivity index (χ2n) is 2.46. The van der Waals surface area contributed by atoms with Gasteiger partial charge < -0.3 is 5.43 Å². The van der Waals surface area contributed by atoms with Gasteiger partial charge in [-0.15, -0.1) is 12.8 Å². The highest BCUT2D eigenvalue weighted by Gasteiger charge is 1.93. The van der Waals surface area contributed by atoms with Gasteiger partial charge in [0.05, 0.1) is 5.69 Å². The zero-order valence-corrected chi connectivity index (χ0v) is 7.46. The first-order valence-electron chi connectivity index (χ1n) is 3.61. The van der Waals surface area contributed by atoms with Crippen molar-refractivity contribution in [2.24, 2.45) is 5.84 Å².